The maximum atomic E-state index is 12.5. The maximum Gasteiger partial charge on any atom is 0.244 e. The number of hydrogen-bond donors (Lipinski definition) is 2. The Morgan fingerprint density at radius 2 is 2.16 bits per heavy atom. The molecule has 0 aliphatic carbocycles. The van der Waals surface area contributed by atoms with Gasteiger partial charge in [0.1, 0.15) is 0 Å². The van der Waals surface area contributed by atoms with E-state index in [2.05, 4.69) is 17.4 Å². The predicted octanol–water partition coefficient (Wildman–Crippen LogP) is 1.38. The van der Waals surface area contributed by atoms with Gasteiger partial charge in [-0.05, 0) is 44.4 Å². The van der Waals surface area contributed by atoms with Crippen molar-refractivity contribution in [3.05, 3.63) is 29.3 Å². The van der Waals surface area contributed by atoms with Crippen LogP contribution >= 0.6 is 0 Å². The quantitative estimate of drug-likeness (QED) is 0.865. The molecule has 1 saturated heterocycles. The molecule has 1 aromatic carbocycles. The van der Waals surface area contributed by atoms with Crippen molar-refractivity contribution < 1.29 is 9.90 Å². The number of hydrogen-bond acceptors (Lipinski definition) is 3. The number of piperazine rings is 1. The summed E-state index contributed by atoms with van der Waals surface area (Å²) in [5.41, 5.74) is 3.25. The largest absolute Gasteiger partial charge is 0.396 e. The second-order valence-corrected chi connectivity index (χ2v) is 5.32. The van der Waals surface area contributed by atoms with Crippen molar-refractivity contribution in [1.29, 1.82) is 0 Å². The van der Waals surface area contributed by atoms with Gasteiger partial charge in [0, 0.05) is 24.9 Å². The zero-order chi connectivity index (χ0) is 14.0. The summed E-state index contributed by atoms with van der Waals surface area (Å²) >= 11 is 0. The summed E-state index contributed by atoms with van der Waals surface area (Å²) in [6.45, 7) is 6.88. The van der Waals surface area contributed by atoms with Crippen LogP contribution in [0.25, 0.3) is 0 Å². The summed E-state index contributed by atoms with van der Waals surface area (Å²) in [4.78, 5) is 14.4. The van der Waals surface area contributed by atoms with E-state index < -0.39 is 0 Å². The Labute approximate surface area is 114 Å². The van der Waals surface area contributed by atoms with E-state index in [-0.39, 0.29) is 24.6 Å². The van der Waals surface area contributed by atoms with Gasteiger partial charge in [0.05, 0.1) is 6.04 Å². The van der Waals surface area contributed by atoms with Crippen LogP contribution in [0.5, 0.6) is 0 Å². The van der Waals surface area contributed by atoms with Crippen LogP contribution in [0.2, 0.25) is 0 Å². The normalized spacial score (nSPS) is 23.8. The maximum absolute atomic E-state index is 12.5. The molecule has 4 heteroatoms. The Kier molecular flexibility index (Phi) is 4.22. The highest BCUT2D eigenvalue weighted by atomic mass is 16.3. The third-order valence-electron chi connectivity index (χ3n) is 3.68. The van der Waals surface area contributed by atoms with Gasteiger partial charge in [-0.15, -0.1) is 0 Å². The van der Waals surface area contributed by atoms with Gasteiger partial charge >= 0.3 is 0 Å². The molecular formula is C15H22N2O2. The van der Waals surface area contributed by atoms with E-state index in [1.165, 1.54) is 0 Å². The van der Waals surface area contributed by atoms with E-state index in [1.54, 1.807) is 0 Å². The third-order valence-corrected chi connectivity index (χ3v) is 3.68. The predicted molar refractivity (Wildman–Crippen MR) is 76.4 cm³/mol. The van der Waals surface area contributed by atoms with Gasteiger partial charge in [0.25, 0.3) is 0 Å². The number of aliphatic hydroxyl groups is 1. The number of anilines is 1. The lowest BCUT2D eigenvalue weighted by Crippen LogP contribution is -2.60. The molecule has 0 aromatic heterocycles. The van der Waals surface area contributed by atoms with Crippen LogP contribution in [-0.2, 0) is 4.79 Å². The summed E-state index contributed by atoms with van der Waals surface area (Å²) in [5.74, 6) is 0.0569. The number of nitrogens with one attached hydrogen (secondary N) is 1. The summed E-state index contributed by atoms with van der Waals surface area (Å²) in [5, 5.41) is 12.2. The molecule has 2 N–H and O–H groups in total. The lowest BCUT2D eigenvalue weighted by Gasteiger charge is -2.39. The number of amides is 1. The van der Waals surface area contributed by atoms with Crippen molar-refractivity contribution in [3.63, 3.8) is 0 Å². The molecule has 1 amide bonds. The fraction of sp³-hybridized carbons (Fsp3) is 0.533. The first-order chi connectivity index (χ1) is 9.04. The average Bonchev–Trinajstić information content (AvgIpc) is 2.37. The number of rotatable bonds is 3. The van der Waals surface area contributed by atoms with Crippen LogP contribution in [0, 0.1) is 13.8 Å². The van der Waals surface area contributed by atoms with E-state index in [1.807, 2.05) is 31.7 Å². The highest BCUT2D eigenvalue weighted by Crippen LogP contribution is 2.26. The van der Waals surface area contributed by atoms with E-state index in [0.717, 1.165) is 23.4 Å². The molecule has 0 radical (unpaired) electrons. The van der Waals surface area contributed by atoms with E-state index >= 15 is 0 Å². The Hall–Kier alpha value is -1.39. The zero-order valence-corrected chi connectivity index (χ0v) is 11.8. The fourth-order valence-corrected chi connectivity index (χ4v) is 2.57. The number of aliphatic hydroxyl groups excluding tert-OH is 1. The SMILES string of the molecule is Cc1ccc(C)c(N2C(=O)C(CCO)NCC2C)c1. The Bertz CT molecular complexity index is 473. The molecule has 19 heavy (non-hydrogen) atoms. The summed E-state index contributed by atoms with van der Waals surface area (Å²) < 4.78 is 0. The average molecular weight is 262 g/mol. The number of aryl methyl sites for hydroxylation is 2. The van der Waals surface area contributed by atoms with Gasteiger partial charge in [0.2, 0.25) is 5.91 Å². The van der Waals surface area contributed by atoms with Crippen LogP contribution in [0.15, 0.2) is 18.2 Å². The Balaban J connectivity index is 2.34. The molecular weight excluding hydrogens is 240 g/mol. The first-order valence-corrected chi connectivity index (χ1v) is 6.79. The van der Waals surface area contributed by atoms with Crippen molar-refractivity contribution in [3.8, 4) is 0 Å². The molecule has 0 saturated carbocycles. The molecule has 1 aliphatic rings. The summed E-state index contributed by atoms with van der Waals surface area (Å²) in [6.07, 6.45) is 0.465. The third kappa shape index (κ3) is 2.80. The summed E-state index contributed by atoms with van der Waals surface area (Å²) in [7, 11) is 0. The molecule has 2 unspecified atom stereocenters. The molecule has 0 bridgehead atoms. The minimum absolute atomic E-state index is 0.0262. The highest BCUT2D eigenvalue weighted by Gasteiger charge is 2.33. The van der Waals surface area contributed by atoms with Crippen LogP contribution in [0.1, 0.15) is 24.5 Å². The van der Waals surface area contributed by atoms with Crippen LogP contribution in [-0.4, -0.2) is 36.2 Å². The molecule has 104 valence electrons. The van der Waals surface area contributed by atoms with E-state index in [0.29, 0.717) is 6.42 Å². The number of benzene rings is 1. The molecule has 4 nitrogen and oxygen atoms in total. The van der Waals surface area contributed by atoms with Crippen molar-refractivity contribution in [2.24, 2.45) is 0 Å². The zero-order valence-electron chi connectivity index (χ0n) is 11.8. The van der Waals surface area contributed by atoms with Gasteiger partial charge in [-0.1, -0.05) is 12.1 Å². The van der Waals surface area contributed by atoms with Crippen LogP contribution < -0.4 is 10.2 Å². The number of carbonyl (C=O) groups excluding carboxylic acids is 1. The van der Waals surface area contributed by atoms with Gasteiger partial charge in [-0.2, -0.15) is 0 Å². The first kappa shape index (κ1) is 14.0. The molecule has 2 rings (SSSR count). The molecule has 0 spiro atoms. The Morgan fingerprint density at radius 1 is 1.42 bits per heavy atom. The Morgan fingerprint density at radius 3 is 2.84 bits per heavy atom. The highest BCUT2D eigenvalue weighted by molar-refractivity contribution is 5.99. The minimum Gasteiger partial charge on any atom is -0.396 e. The monoisotopic (exact) mass is 262 g/mol. The molecule has 1 aliphatic heterocycles. The second-order valence-electron chi connectivity index (χ2n) is 5.32. The van der Waals surface area contributed by atoms with Gasteiger partial charge < -0.3 is 15.3 Å². The minimum atomic E-state index is -0.277. The molecule has 1 fully saturated rings. The number of carbonyl (C=O) groups is 1. The van der Waals surface area contributed by atoms with Gasteiger partial charge in [-0.25, -0.2) is 0 Å². The van der Waals surface area contributed by atoms with Crippen LogP contribution in [0.3, 0.4) is 0 Å². The van der Waals surface area contributed by atoms with Crippen molar-refractivity contribution in [2.75, 3.05) is 18.1 Å². The van der Waals surface area contributed by atoms with Crippen molar-refractivity contribution in [2.45, 2.75) is 39.3 Å². The molecule has 2 atom stereocenters. The standard InChI is InChI=1S/C15H22N2O2/c1-10-4-5-11(2)14(8-10)17-12(3)9-16-13(6-7-18)15(17)19/h4-5,8,12-13,16,18H,6-7,9H2,1-3H3. The van der Waals surface area contributed by atoms with Crippen LogP contribution in [0.4, 0.5) is 5.69 Å². The van der Waals surface area contributed by atoms with E-state index in [4.69, 9.17) is 5.11 Å². The van der Waals surface area contributed by atoms with Gasteiger partial charge in [-0.3, -0.25) is 4.79 Å². The summed E-state index contributed by atoms with van der Waals surface area (Å²) in [6, 6.07) is 6.02. The lowest BCUT2D eigenvalue weighted by atomic mass is 10.0. The second kappa shape index (κ2) is 5.72. The lowest BCUT2D eigenvalue weighted by molar-refractivity contribution is -0.122. The van der Waals surface area contributed by atoms with Crippen molar-refractivity contribution >= 4 is 11.6 Å². The van der Waals surface area contributed by atoms with Gasteiger partial charge in [0.15, 0.2) is 0 Å². The topological polar surface area (TPSA) is 52.6 Å². The van der Waals surface area contributed by atoms with Crippen molar-refractivity contribution in [1.82, 2.24) is 5.32 Å². The molecule has 1 heterocycles. The van der Waals surface area contributed by atoms with E-state index in [9.17, 15) is 4.79 Å². The smallest absolute Gasteiger partial charge is 0.244 e. The molecule has 1 aromatic rings. The fourth-order valence-electron chi connectivity index (χ4n) is 2.57. The number of nitrogens with zero attached hydrogens (tertiary/aromatic N) is 1. The first-order valence-electron chi connectivity index (χ1n) is 6.79.